The normalized spacial score (nSPS) is 11.1. The Morgan fingerprint density at radius 2 is 2.06 bits per heavy atom. The van der Waals surface area contributed by atoms with Gasteiger partial charge in [0.1, 0.15) is 5.82 Å². The quantitative estimate of drug-likeness (QED) is 0.582. The first-order chi connectivity index (χ1) is 8.11. The van der Waals surface area contributed by atoms with Gasteiger partial charge in [0.05, 0.1) is 0 Å². The predicted molar refractivity (Wildman–Crippen MR) is 74.0 cm³/mol. The van der Waals surface area contributed by atoms with Gasteiger partial charge >= 0.3 is 0 Å². The van der Waals surface area contributed by atoms with Crippen molar-refractivity contribution in [2.24, 2.45) is 5.92 Å². The molecule has 0 aliphatic rings. The lowest BCUT2D eigenvalue weighted by Crippen LogP contribution is -2.13. The van der Waals surface area contributed by atoms with Crippen LogP contribution in [0.15, 0.2) is 23.1 Å². The maximum atomic E-state index is 13.4. The van der Waals surface area contributed by atoms with Crippen LogP contribution in [0.1, 0.15) is 32.8 Å². The molecular formula is C14H22FNS. The Labute approximate surface area is 108 Å². The van der Waals surface area contributed by atoms with Gasteiger partial charge in [-0.2, -0.15) is 0 Å². The second kappa shape index (κ2) is 7.72. The molecule has 0 saturated heterocycles. The van der Waals surface area contributed by atoms with Crippen molar-refractivity contribution in [2.75, 3.05) is 12.3 Å². The third-order valence-corrected chi connectivity index (χ3v) is 3.67. The minimum atomic E-state index is -0.132. The van der Waals surface area contributed by atoms with Crippen molar-refractivity contribution in [3.8, 4) is 0 Å². The third-order valence-electron chi connectivity index (χ3n) is 2.27. The topological polar surface area (TPSA) is 12.0 Å². The van der Waals surface area contributed by atoms with Gasteiger partial charge in [-0.05, 0) is 42.6 Å². The summed E-state index contributed by atoms with van der Waals surface area (Å²) in [5, 5.41) is 3.29. The first-order valence-electron chi connectivity index (χ1n) is 6.24. The van der Waals surface area contributed by atoms with Crippen LogP contribution in [0, 0.1) is 11.7 Å². The number of rotatable bonds is 7. The zero-order valence-corrected chi connectivity index (χ0v) is 11.7. The SMILES string of the molecule is CCCNCc1cc(F)cc(SCC(C)C)c1. The number of nitrogens with one attached hydrogen (secondary N) is 1. The second-order valence-electron chi connectivity index (χ2n) is 4.68. The summed E-state index contributed by atoms with van der Waals surface area (Å²) < 4.78 is 13.4. The molecular weight excluding hydrogens is 233 g/mol. The summed E-state index contributed by atoms with van der Waals surface area (Å²) in [6.45, 7) is 8.21. The van der Waals surface area contributed by atoms with E-state index in [0.717, 1.165) is 35.7 Å². The lowest BCUT2D eigenvalue weighted by molar-refractivity contribution is 0.615. The standard InChI is InChI=1S/C14H22FNS/c1-4-5-16-9-12-6-13(15)8-14(7-12)17-10-11(2)3/h6-8,11,16H,4-5,9-10H2,1-3H3. The van der Waals surface area contributed by atoms with Crippen molar-refractivity contribution in [2.45, 2.75) is 38.6 Å². The van der Waals surface area contributed by atoms with Gasteiger partial charge in [0.2, 0.25) is 0 Å². The summed E-state index contributed by atoms with van der Waals surface area (Å²) in [4.78, 5) is 1.03. The fourth-order valence-corrected chi connectivity index (χ4v) is 2.43. The molecule has 0 spiro atoms. The van der Waals surface area contributed by atoms with Gasteiger partial charge in [0, 0.05) is 17.2 Å². The largest absolute Gasteiger partial charge is 0.313 e. The van der Waals surface area contributed by atoms with E-state index in [2.05, 4.69) is 32.2 Å². The Morgan fingerprint density at radius 1 is 1.29 bits per heavy atom. The summed E-state index contributed by atoms with van der Waals surface area (Å²) in [7, 11) is 0. The molecule has 1 nitrogen and oxygen atoms in total. The summed E-state index contributed by atoms with van der Waals surface area (Å²) in [6, 6.07) is 5.32. The number of benzene rings is 1. The van der Waals surface area contributed by atoms with Crippen LogP contribution in [0.5, 0.6) is 0 Å². The molecule has 0 amide bonds. The smallest absolute Gasteiger partial charge is 0.124 e. The molecule has 0 saturated carbocycles. The van der Waals surface area contributed by atoms with Gasteiger partial charge in [-0.25, -0.2) is 4.39 Å². The van der Waals surface area contributed by atoms with Crippen LogP contribution >= 0.6 is 11.8 Å². The molecule has 0 aliphatic heterocycles. The van der Waals surface area contributed by atoms with Gasteiger partial charge in [0.15, 0.2) is 0 Å². The predicted octanol–water partition coefficient (Wildman–Crippen LogP) is 4.07. The van der Waals surface area contributed by atoms with Crippen molar-refractivity contribution in [1.29, 1.82) is 0 Å². The maximum Gasteiger partial charge on any atom is 0.124 e. The van der Waals surface area contributed by atoms with E-state index in [1.54, 1.807) is 23.9 Å². The minimum absolute atomic E-state index is 0.132. The van der Waals surface area contributed by atoms with Crippen molar-refractivity contribution in [3.63, 3.8) is 0 Å². The molecule has 0 aliphatic carbocycles. The molecule has 0 radical (unpaired) electrons. The molecule has 0 fully saturated rings. The zero-order chi connectivity index (χ0) is 12.7. The molecule has 1 aromatic rings. The lowest BCUT2D eigenvalue weighted by atomic mass is 10.2. The number of hydrogen-bond acceptors (Lipinski definition) is 2. The summed E-state index contributed by atoms with van der Waals surface area (Å²) in [5.74, 6) is 1.53. The molecule has 0 unspecified atom stereocenters. The molecule has 0 atom stereocenters. The van der Waals surface area contributed by atoms with E-state index >= 15 is 0 Å². The molecule has 1 aromatic carbocycles. The van der Waals surface area contributed by atoms with Crippen LogP contribution in [0.2, 0.25) is 0 Å². The Morgan fingerprint density at radius 3 is 2.71 bits per heavy atom. The van der Waals surface area contributed by atoms with E-state index in [-0.39, 0.29) is 5.82 Å². The molecule has 3 heteroatoms. The van der Waals surface area contributed by atoms with E-state index in [1.165, 1.54) is 0 Å². The molecule has 1 N–H and O–H groups in total. The number of hydrogen-bond donors (Lipinski definition) is 1. The zero-order valence-electron chi connectivity index (χ0n) is 10.9. The first kappa shape index (κ1) is 14.5. The van der Waals surface area contributed by atoms with Crippen molar-refractivity contribution in [3.05, 3.63) is 29.6 Å². The monoisotopic (exact) mass is 255 g/mol. The third kappa shape index (κ3) is 6.08. The van der Waals surface area contributed by atoms with E-state index in [1.807, 2.05) is 0 Å². The Kier molecular flexibility index (Phi) is 6.60. The van der Waals surface area contributed by atoms with Crippen LogP contribution in [0.25, 0.3) is 0 Å². The van der Waals surface area contributed by atoms with Crippen LogP contribution in [-0.2, 0) is 6.54 Å². The summed E-state index contributed by atoms with van der Waals surface area (Å²) >= 11 is 1.73. The van der Waals surface area contributed by atoms with Gasteiger partial charge in [-0.1, -0.05) is 20.8 Å². The Bertz CT molecular complexity index is 339. The van der Waals surface area contributed by atoms with Gasteiger partial charge < -0.3 is 5.32 Å². The number of halogens is 1. The highest BCUT2D eigenvalue weighted by molar-refractivity contribution is 7.99. The number of thioether (sulfide) groups is 1. The van der Waals surface area contributed by atoms with Crippen LogP contribution in [-0.4, -0.2) is 12.3 Å². The van der Waals surface area contributed by atoms with E-state index in [4.69, 9.17) is 0 Å². The molecule has 0 aromatic heterocycles. The van der Waals surface area contributed by atoms with Crippen LogP contribution < -0.4 is 5.32 Å². The van der Waals surface area contributed by atoms with Crippen LogP contribution in [0.3, 0.4) is 0 Å². The van der Waals surface area contributed by atoms with Gasteiger partial charge in [-0.3, -0.25) is 0 Å². The molecule has 17 heavy (non-hydrogen) atoms. The highest BCUT2D eigenvalue weighted by Gasteiger charge is 2.03. The maximum absolute atomic E-state index is 13.4. The second-order valence-corrected chi connectivity index (χ2v) is 5.77. The average molecular weight is 255 g/mol. The highest BCUT2D eigenvalue weighted by Crippen LogP contribution is 2.23. The van der Waals surface area contributed by atoms with Crippen molar-refractivity contribution < 1.29 is 4.39 Å². The fraction of sp³-hybridized carbons (Fsp3) is 0.571. The molecule has 1 rings (SSSR count). The van der Waals surface area contributed by atoms with E-state index in [9.17, 15) is 4.39 Å². The van der Waals surface area contributed by atoms with Crippen molar-refractivity contribution >= 4 is 11.8 Å². The molecule has 0 heterocycles. The lowest BCUT2D eigenvalue weighted by Gasteiger charge is -2.08. The van der Waals surface area contributed by atoms with Crippen molar-refractivity contribution in [1.82, 2.24) is 5.32 Å². The summed E-state index contributed by atoms with van der Waals surface area (Å²) in [6.07, 6.45) is 1.10. The summed E-state index contributed by atoms with van der Waals surface area (Å²) in [5.41, 5.74) is 1.03. The fourth-order valence-electron chi connectivity index (χ4n) is 1.48. The molecule has 96 valence electrons. The van der Waals surface area contributed by atoms with E-state index in [0.29, 0.717) is 5.92 Å². The first-order valence-corrected chi connectivity index (χ1v) is 7.23. The average Bonchev–Trinajstić information content (AvgIpc) is 2.26. The Balaban J connectivity index is 2.59. The molecule has 0 bridgehead atoms. The van der Waals surface area contributed by atoms with E-state index < -0.39 is 0 Å². The highest BCUT2D eigenvalue weighted by atomic mass is 32.2. The minimum Gasteiger partial charge on any atom is -0.313 e. The van der Waals surface area contributed by atoms with Crippen LogP contribution in [0.4, 0.5) is 4.39 Å². The van der Waals surface area contributed by atoms with Gasteiger partial charge in [-0.15, -0.1) is 11.8 Å². The van der Waals surface area contributed by atoms with Gasteiger partial charge in [0.25, 0.3) is 0 Å². The Hall–Kier alpha value is -0.540.